The predicted molar refractivity (Wildman–Crippen MR) is 74.8 cm³/mol. The summed E-state index contributed by atoms with van der Waals surface area (Å²) in [7, 11) is 4.05. The van der Waals surface area contributed by atoms with E-state index >= 15 is 0 Å². The van der Waals surface area contributed by atoms with Crippen molar-refractivity contribution in [2.45, 2.75) is 50.7 Å². The van der Waals surface area contributed by atoms with Crippen LogP contribution in [0, 0.1) is 11.8 Å². The lowest BCUT2D eigenvalue weighted by Gasteiger charge is -2.38. The van der Waals surface area contributed by atoms with Gasteiger partial charge in [-0.15, -0.1) is 0 Å². The Hall–Kier alpha value is -0.780. The summed E-state index contributed by atoms with van der Waals surface area (Å²) in [6, 6.07) is 0.475. The van der Waals surface area contributed by atoms with Gasteiger partial charge in [0, 0.05) is 25.0 Å². The van der Waals surface area contributed by atoms with Crippen molar-refractivity contribution in [2.75, 3.05) is 27.2 Å². The lowest BCUT2D eigenvalue weighted by atomic mass is 9.80. The Morgan fingerprint density at radius 2 is 1.71 bits per heavy atom. The van der Waals surface area contributed by atoms with Gasteiger partial charge in [0.25, 0.3) is 0 Å². The summed E-state index contributed by atoms with van der Waals surface area (Å²) in [5, 5.41) is 0. The van der Waals surface area contributed by atoms with E-state index < -0.39 is 18.0 Å². The van der Waals surface area contributed by atoms with Gasteiger partial charge in [-0.1, -0.05) is 6.42 Å². The Labute approximate surface area is 124 Å². The predicted octanol–water partition coefficient (Wildman–Crippen LogP) is 2.91. The van der Waals surface area contributed by atoms with Crippen LogP contribution in [0.1, 0.15) is 38.5 Å². The molecule has 21 heavy (non-hydrogen) atoms. The zero-order valence-corrected chi connectivity index (χ0v) is 12.8. The van der Waals surface area contributed by atoms with Crippen molar-refractivity contribution in [3.05, 3.63) is 0 Å². The molecular formula is C15H25F3N2O. The number of likely N-dealkylation sites (tertiary alicyclic amines) is 1. The molecule has 2 rings (SSSR count). The maximum atomic E-state index is 12.8. The number of halogens is 3. The van der Waals surface area contributed by atoms with Gasteiger partial charge in [0.1, 0.15) is 0 Å². The quantitative estimate of drug-likeness (QED) is 0.783. The third kappa shape index (κ3) is 4.11. The number of hydrogen-bond acceptors (Lipinski definition) is 2. The minimum absolute atomic E-state index is 0.0179. The Morgan fingerprint density at radius 1 is 1.10 bits per heavy atom. The molecule has 1 aliphatic carbocycles. The van der Waals surface area contributed by atoms with Crippen LogP contribution in [0.15, 0.2) is 0 Å². The van der Waals surface area contributed by atoms with Crippen LogP contribution in [0.4, 0.5) is 13.2 Å². The fraction of sp³-hybridized carbons (Fsp3) is 0.933. The molecular weight excluding hydrogens is 281 g/mol. The SMILES string of the molecule is CN(C)C1CCN(C(=O)[C@@H]2CCC[C@H](C(F)(F)F)C2)CC1. The molecule has 0 spiro atoms. The van der Waals surface area contributed by atoms with Crippen molar-refractivity contribution in [3.8, 4) is 0 Å². The first kappa shape index (κ1) is 16.6. The molecule has 3 nitrogen and oxygen atoms in total. The highest BCUT2D eigenvalue weighted by molar-refractivity contribution is 5.79. The van der Waals surface area contributed by atoms with Gasteiger partial charge in [0.15, 0.2) is 0 Å². The third-order valence-corrected chi connectivity index (χ3v) is 4.99. The number of piperidine rings is 1. The lowest BCUT2D eigenvalue weighted by Crippen LogP contribution is -2.47. The highest BCUT2D eigenvalue weighted by Crippen LogP contribution is 2.40. The fourth-order valence-corrected chi connectivity index (χ4v) is 3.57. The first-order valence-electron chi connectivity index (χ1n) is 7.81. The van der Waals surface area contributed by atoms with Gasteiger partial charge in [-0.3, -0.25) is 4.79 Å². The Bertz CT molecular complexity index is 362. The maximum Gasteiger partial charge on any atom is 0.391 e. The number of carbonyl (C=O) groups is 1. The van der Waals surface area contributed by atoms with E-state index in [4.69, 9.17) is 0 Å². The van der Waals surface area contributed by atoms with Gasteiger partial charge in [-0.2, -0.15) is 13.2 Å². The van der Waals surface area contributed by atoms with Crippen molar-refractivity contribution in [1.82, 2.24) is 9.80 Å². The second-order valence-electron chi connectivity index (χ2n) is 6.62. The van der Waals surface area contributed by atoms with Crippen LogP contribution in [-0.4, -0.2) is 55.1 Å². The van der Waals surface area contributed by atoms with E-state index in [1.54, 1.807) is 4.90 Å². The molecule has 1 aliphatic heterocycles. The second-order valence-corrected chi connectivity index (χ2v) is 6.62. The minimum atomic E-state index is -4.16. The van der Waals surface area contributed by atoms with Crippen LogP contribution >= 0.6 is 0 Å². The Morgan fingerprint density at radius 3 is 2.24 bits per heavy atom. The number of carbonyl (C=O) groups excluding carboxylic acids is 1. The normalized spacial score (nSPS) is 29.0. The summed E-state index contributed by atoms with van der Waals surface area (Å²) in [6.07, 6.45) is -1.06. The van der Waals surface area contributed by atoms with Crippen LogP contribution < -0.4 is 0 Å². The van der Waals surface area contributed by atoms with Crippen LogP contribution in [0.5, 0.6) is 0 Å². The van der Waals surface area contributed by atoms with Crippen molar-refractivity contribution in [1.29, 1.82) is 0 Å². The van der Waals surface area contributed by atoms with E-state index in [1.807, 2.05) is 14.1 Å². The van der Waals surface area contributed by atoms with Crippen molar-refractivity contribution in [2.24, 2.45) is 11.8 Å². The molecule has 0 aromatic carbocycles. The van der Waals surface area contributed by atoms with Crippen molar-refractivity contribution < 1.29 is 18.0 Å². The molecule has 0 radical (unpaired) electrons. The third-order valence-electron chi connectivity index (χ3n) is 4.99. The van der Waals surface area contributed by atoms with Gasteiger partial charge in [-0.05, 0) is 46.2 Å². The smallest absolute Gasteiger partial charge is 0.342 e. The lowest BCUT2D eigenvalue weighted by molar-refractivity contribution is -0.187. The largest absolute Gasteiger partial charge is 0.391 e. The van der Waals surface area contributed by atoms with E-state index in [2.05, 4.69) is 4.90 Å². The molecule has 0 unspecified atom stereocenters. The zero-order valence-electron chi connectivity index (χ0n) is 12.8. The highest BCUT2D eigenvalue weighted by Gasteiger charge is 2.44. The molecule has 122 valence electrons. The van der Waals surface area contributed by atoms with Crippen LogP contribution in [0.25, 0.3) is 0 Å². The number of rotatable bonds is 2. The summed E-state index contributed by atoms with van der Waals surface area (Å²) in [5.41, 5.74) is 0. The molecule has 1 amide bonds. The van der Waals surface area contributed by atoms with Crippen molar-refractivity contribution in [3.63, 3.8) is 0 Å². The first-order valence-corrected chi connectivity index (χ1v) is 7.81. The van der Waals surface area contributed by atoms with E-state index in [0.717, 1.165) is 12.8 Å². The van der Waals surface area contributed by atoms with Gasteiger partial charge in [0.2, 0.25) is 5.91 Å². The molecule has 1 heterocycles. The van der Waals surface area contributed by atoms with Gasteiger partial charge >= 0.3 is 6.18 Å². The number of alkyl halides is 3. The fourth-order valence-electron chi connectivity index (χ4n) is 3.57. The molecule has 0 N–H and O–H groups in total. The second kappa shape index (κ2) is 6.55. The molecule has 6 heteroatoms. The van der Waals surface area contributed by atoms with Gasteiger partial charge in [0.05, 0.1) is 5.92 Å². The van der Waals surface area contributed by atoms with Crippen LogP contribution in [0.2, 0.25) is 0 Å². The molecule has 0 bridgehead atoms. The first-order chi connectivity index (χ1) is 9.79. The summed E-state index contributed by atoms with van der Waals surface area (Å²) in [4.78, 5) is 16.4. The van der Waals surface area contributed by atoms with E-state index in [9.17, 15) is 18.0 Å². The molecule has 2 fully saturated rings. The number of amides is 1. The minimum Gasteiger partial charge on any atom is -0.342 e. The zero-order chi connectivity index (χ0) is 15.6. The number of nitrogens with zero attached hydrogens (tertiary/aromatic N) is 2. The Kier molecular flexibility index (Phi) is 5.17. The van der Waals surface area contributed by atoms with Gasteiger partial charge in [-0.25, -0.2) is 0 Å². The van der Waals surface area contributed by atoms with E-state index in [1.165, 1.54) is 0 Å². The monoisotopic (exact) mass is 306 g/mol. The van der Waals surface area contributed by atoms with Crippen LogP contribution in [0.3, 0.4) is 0 Å². The topological polar surface area (TPSA) is 23.6 Å². The van der Waals surface area contributed by atoms with E-state index in [-0.39, 0.29) is 18.7 Å². The standard InChI is InChI=1S/C15H25F3N2O/c1-19(2)13-6-8-20(9-7-13)14(21)11-4-3-5-12(10-11)15(16,17)18/h11-13H,3-10H2,1-2H3/t11-,12+/m1/s1. The maximum absolute atomic E-state index is 12.8. The molecule has 1 saturated carbocycles. The van der Waals surface area contributed by atoms with E-state index in [0.29, 0.717) is 32.0 Å². The number of hydrogen-bond donors (Lipinski definition) is 0. The summed E-state index contributed by atoms with van der Waals surface area (Å²) in [5.74, 6) is -1.78. The highest BCUT2D eigenvalue weighted by atomic mass is 19.4. The average molecular weight is 306 g/mol. The summed E-state index contributed by atoms with van der Waals surface area (Å²) in [6.45, 7) is 1.35. The van der Waals surface area contributed by atoms with Gasteiger partial charge < -0.3 is 9.80 Å². The summed E-state index contributed by atoms with van der Waals surface area (Å²) >= 11 is 0. The van der Waals surface area contributed by atoms with Crippen LogP contribution in [-0.2, 0) is 4.79 Å². The molecule has 2 atom stereocenters. The van der Waals surface area contributed by atoms with Crippen molar-refractivity contribution >= 4 is 5.91 Å². The average Bonchev–Trinajstić information content (AvgIpc) is 2.46. The molecule has 2 aliphatic rings. The molecule has 0 aromatic rings. The molecule has 1 saturated heterocycles. The Balaban J connectivity index is 1.89. The summed E-state index contributed by atoms with van der Waals surface area (Å²) < 4.78 is 38.5. The molecule has 0 aromatic heterocycles.